The van der Waals surface area contributed by atoms with Crippen LogP contribution in [0.2, 0.25) is 0 Å². The first-order valence-electron chi connectivity index (χ1n) is 5.14. The molecule has 0 aliphatic rings. The molecule has 0 unspecified atom stereocenters. The Morgan fingerprint density at radius 3 is 2.63 bits per heavy atom. The van der Waals surface area contributed by atoms with Crippen LogP contribution in [-0.4, -0.2) is 46.4 Å². The van der Waals surface area contributed by atoms with Crippen LogP contribution in [0.25, 0.3) is 0 Å². The molecule has 4 N–H and O–H groups in total. The molecular formula is C9H12N4O6. The van der Waals surface area contributed by atoms with Gasteiger partial charge in [-0.05, 0) is 16.7 Å². The highest BCUT2D eigenvalue weighted by Crippen LogP contribution is 2.06. The average Bonchev–Trinajstić information content (AvgIpc) is 2.79. The van der Waals surface area contributed by atoms with Gasteiger partial charge in [0.05, 0.1) is 7.11 Å². The van der Waals surface area contributed by atoms with Crippen molar-refractivity contribution in [1.82, 2.24) is 15.6 Å². The fraction of sp³-hybridized carbons (Fsp3) is 0.444. The smallest absolute Gasteiger partial charge is 0.326 e. The molecule has 0 saturated heterocycles. The summed E-state index contributed by atoms with van der Waals surface area (Å²) in [5, 5.41) is 17.5. The van der Waals surface area contributed by atoms with Crippen molar-refractivity contribution in [2.24, 2.45) is 0 Å². The standard InChI is InChI=1S/C9H12N4O6/c1-18-5(14)3-2-4(9(16)17)11-8(15)6-7(10)13-19-12-6/h4H,2-3H2,1H3,(H2,10,13)(H,11,15)(H,16,17)/t4-/m0/s1. The van der Waals surface area contributed by atoms with Crippen LogP contribution in [0.15, 0.2) is 4.63 Å². The maximum absolute atomic E-state index is 11.6. The van der Waals surface area contributed by atoms with E-state index in [2.05, 4.69) is 25.0 Å². The highest BCUT2D eigenvalue weighted by Gasteiger charge is 2.25. The zero-order valence-electron chi connectivity index (χ0n) is 9.95. The van der Waals surface area contributed by atoms with Crippen molar-refractivity contribution in [3.8, 4) is 0 Å². The predicted molar refractivity (Wildman–Crippen MR) is 58.9 cm³/mol. The van der Waals surface area contributed by atoms with E-state index in [1.54, 1.807) is 0 Å². The van der Waals surface area contributed by atoms with Crippen LogP contribution in [0.1, 0.15) is 23.3 Å². The molecule has 1 heterocycles. The fourth-order valence-corrected chi connectivity index (χ4v) is 1.20. The number of aromatic nitrogens is 2. The Morgan fingerprint density at radius 1 is 1.47 bits per heavy atom. The zero-order chi connectivity index (χ0) is 14.4. The minimum absolute atomic E-state index is 0.126. The first-order valence-corrected chi connectivity index (χ1v) is 5.14. The average molecular weight is 272 g/mol. The highest BCUT2D eigenvalue weighted by atomic mass is 16.6. The van der Waals surface area contributed by atoms with Gasteiger partial charge in [0.2, 0.25) is 11.5 Å². The molecule has 19 heavy (non-hydrogen) atoms. The predicted octanol–water partition coefficient (Wildman–Crippen LogP) is -1.21. The SMILES string of the molecule is COC(=O)CC[C@H](NC(=O)c1nonc1N)C(=O)O. The van der Waals surface area contributed by atoms with E-state index in [9.17, 15) is 14.4 Å². The summed E-state index contributed by atoms with van der Waals surface area (Å²) in [5.74, 6) is -2.99. The molecule has 0 aromatic carbocycles. The molecule has 0 spiro atoms. The van der Waals surface area contributed by atoms with Crippen LogP contribution < -0.4 is 11.1 Å². The Labute approximate surface area is 106 Å². The van der Waals surface area contributed by atoms with Gasteiger partial charge >= 0.3 is 11.9 Å². The number of nitrogens with one attached hydrogen (secondary N) is 1. The van der Waals surface area contributed by atoms with Gasteiger partial charge in [-0.25, -0.2) is 9.42 Å². The van der Waals surface area contributed by atoms with E-state index in [0.717, 1.165) is 0 Å². The van der Waals surface area contributed by atoms with E-state index in [4.69, 9.17) is 10.8 Å². The lowest BCUT2D eigenvalue weighted by atomic mass is 10.1. The molecular weight excluding hydrogens is 260 g/mol. The van der Waals surface area contributed by atoms with Gasteiger partial charge in [0.25, 0.3) is 5.91 Å². The second kappa shape index (κ2) is 6.33. The van der Waals surface area contributed by atoms with E-state index in [1.165, 1.54) is 7.11 Å². The molecule has 104 valence electrons. The number of methoxy groups -OCH3 is 1. The number of ether oxygens (including phenoxy) is 1. The molecule has 0 radical (unpaired) electrons. The molecule has 0 saturated carbocycles. The molecule has 1 amide bonds. The summed E-state index contributed by atoms with van der Waals surface area (Å²) in [6.07, 6.45) is -0.279. The molecule has 0 aliphatic carbocycles. The van der Waals surface area contributed by atoms with Crippen LogP contribution in [0.4, 0.5) is 5.82 Å². The third kappa shape index (κ3) is 3.94. The van der Waals surface area contributed by atoms with Crippen molar-refractivity contribution in [2.45, 2.75) is 18.9 Å². The van der Waals surface area contributed by atoms with Crippen LogP contribution in [0.5, 0.6) is 0 Å². The minimum Gasteiger partial charge on any atom is -0.480 e. The van der Waals surface area contributed by atoms with Gasteiger partial charge in [0.15, 0.2) is 0 Å². The zero-order valence-corrected chi connectivity index (χ0v) is 9.95. The van der Waals surface area contributed by atoms with Crippen LogP contribution >= 0.6 is 0 Å². The third-order valence-corrected chi connectivity index (χ3v) is 2.20. The number of hydrogen-bond donors (Lipinski definition) is 3. The molecule has 0 bridgehead atoms. The number of rotatable bonds is 6. The van der Waals surface area contributed by atoms with Crippen molar-refractivity contribution >= 4 is 23.7 Å². The van der Waals surface area contributed by atoms with Crippen molar-refractivity contribution in [2.75, 3.05) is 12.8 Å². The number of aliphatic carboxylic acids is 1. The van der Waals surface area contributed by atoms with Gasteiger partial charge < -0.3 is 20.9 Å². The maximum atomic E-state index is 11.6. The Balaban J connectivity index is 2.64. The Hall–Kier alpha value is -2.65. The summed E-state index contributed by atoms with van der Waals surface area (Å²) in [6.45, 7) is 0. The van der Waals surface area contributed by atoms with Crippen molar-refractivity contribution < 1.29 is 28.9 Å². The topological polar surface area (TPSA) is 158 Å². The summed E-state index contributed by atoms with van der Waals surface area (Å²) in [6, 6.07) is -1.28. The van der Waals surface area contributed by atoms with Gasteiger partial charge in [-0.1, -0.05) is 0 Å². The number of amides is 1. The molecule has 10 nitrogen and oxygen atoms in total. The number of carbonyl (C=O) groups excluding carboxylic acids is 2. The number of nitrogens with zero attached hydrogens (tertiary/aromatic N) is 2. The van der Waals surface area contributed by atoms with Gasteiger partial charge in [0, 0.05) is 6.42 Å². The second-order valence-electron chi connectivity index (χ2n) is 3.48. The highest BCUT2D eigenvalue weighted by molar-refractivity contribution is 5.98. The van der Waals surface area contributed by atoms with Crippen molar-refractivity contribution in [3.63, 3.8) is 0 Å². The first kappa shape index (κ1) is 14.4. The number of carboxylic acids is 1. The summed E-state index contributed by atoms with van der Waals surface area (Å²) < 4.78 is 8.59. The molecule has 1 rings (SSSR count). The Bertz CT molecular complexity index is 485. The van der Waals surface area contributed by atoms with E-state index in [0.29, 0.717) is 0 Å². The Morgan fingerprint density at radius 2 is 2.16 bits per heavy atom. The maximum Gasteiger partial charge on any atom is 0.326 e. The third-order valence-electron chi connectivity index (χ3n) is 2.20. The van der Waals surface area contributed by atoms with Crippen LogP contribution in [-0.2, 0) is 14.3 Å². The summed E-state index contributed by atoms with van der Waals surface area (Å²) >= 11 is 0. The molecule has 0 aliphatic heterocycles. The number of anilines is 1. The first-order chi connectivity index (χ1) is 8.95. The molecule has 1 atom stereocenters. The largest absolute Gasteiger partial charge is 0.480 e. The quantitative estimate of drug-likeness (QED) is 0.540. The van der Waals surface area contributed by atoms with Gasteiger partial charge in [-0.15, -0.1) is 0 Å². The fourth-order valence-electron chi connectivity index (χ4n) is 1.20. The molecule has 0 fully saturated rings. The van der Waals surface area contributed by atoms with Crippen LogP contribution in [0.3, 0.4) is 0 Å². The normalized spacial score (nSPS) is 11.6. The lowest BCUT2D eigenvalue weighted by Crippen LogP contribution is -2.41. The number of nitrogen functional groups attached to an aromatic ring is 1. The number of carboxylic acid groups (broad SMARTS) is 1. The minimum atomic E-state index is -1.30. The van der Waals surface area contributed by atoms with Crippen molar-refractivity contribution in [3.05, 3.63) is 5.69 Å². The number of hydrogen-bond acceptors (Lipinski definition) is 8. The van der Waals surface area contributed by atoms with Crippen LogP contribution in [0, 0.1) is 0 Å². The van der Waals surface area contributed by atoms with Gasteiger partial charge in [0.1, 0.15) is 6.04 Å². The Kier molecular flexibility index (Phi) is 4.80. The molecule has 1 aromatic rings. The lowest BCUT2D eigenvalue weighted by Gasteiger charge is -2.12. The number of esters is 1. The summed E-state index contributed by atoms with van der Waals surface area (Å²) in [5.41, 5.74) is 4.97. The lowest BCUT2D eigenvalue weighted by molar-refractivity contribution is -0.142. The monoisotopic (exact) mass is 272 g/mol. The second-order valence-corrected chi connectivity index (χ2v) is 3.48. The van der Waals surface area contributed by atoms with Crippen molar-refractivity contribution in [1.29, 1.82) is 0 Å². The summed E-state index contributed by atoms with van der Waals surface area (Å²) in [4.78, 5) is 33.5. The van der Waals surface area contributed by atoms with E-state index in [-0.39, 0.29) is 24.4 Å². The number of nitrogens with two attached hydrogens (primary N) is 1. The molecule has 1 aromatic heterocycles. The van der Waals surface area contributed by atoms with E-state index < -0.39 is 23.9 Å². The molecule has 10 heteroatoms. The van der Waals surface area contributed by atoms with E-state index in [1.807, 2.05) is 0 Å². The van der Waals surface area contributed by atoms with E-state index >= 15 is 0 Å². The summed E-state index contributed by atoms with van der Waals surface area (Å²) in [7, 11) is 1.18. The van der Waals surface area contributed by atoms with Gasteiger partial charge in [-0.3, -0.25) is 9.59 Å². The number of carbonyl (C=O) groups is 3. The van der Waals surface area contributed by atoms with Gasteiger partial charge in [-0.2, -0.15) is 0 Å².